The molecule has 2 aliphatic carbocycles. The molecule has 4 amide bonds. The lowest BCUT2D eigenvalue weighted by molar-refractivity contribution is -0.138. The number of hydrogen-bond donors (Lipinski definition) is 5. The summed E-state index contributed by atoms with van der Waals surface area (Å²) in [5.41, 5.74) is 1.04. The number of methoxy groups -OCH3 is 1. The number of allylic oxidation sites excluding steroid dienone is 1. The van der Waals surface area contributed by atoms with E-state index in [4.69, 9.17) is 19.4 Å². The van der Waals surface area contributed by atoms with Crippen molar-refractivity contribution in [3.63, 3.8) is 0 Å². The first-order valence-electron chi connectivity index (χ1n) is 22.1. The maximum atomic E-state index is 14.3. The van der Waals surface area contributed by atoms with Crippen LogP contribution in [0.1, 0.15) is 85.0 Å². The molecule has 3 aromatic rings. The first-order chi connectivity index (χ1) is 29.8. The van der Waals surface area contributed by atoms with Gasteiger partial charge >= 0.3 is 6.03 Å². The predicted octanol–water partition coefficient (Wildman–Crippen LogP) is 5.04. The SMILES string of the molecule is CCCCC/C=C\C1C[C@@]1(CO)NC(=O)[C@@H]1CC(Oc2cc(-c3csc(NC(C)C)n3)nc3cc(OC)ccc23)CN1C(=O)CNC(=O)NC(CN1CCCCS1(=O)=O)C1CC1. The van der Waals surface area contributed by atoms with Crippen LogP contribution in [-0.2, 0) is 19.6 Å². The number of anilines is 1. The summed E-state index contributed by atoms with van der Waals surface area (Å²) >= 11 is 1.47. The van der Waals surface area contributed by atoms with Gasteiger partial charge in [0.1, 0.15) is 29.3 Å². The minimum absolute atomic E-state index is 0.0269. The van der Waals surface area contributed by atoms with Gasteiger partial charge in [-0.3, -0.25) is 9.59 Å². The Morgan fingerprint density at radius 2 is 1.94 bits per heavy atom. The van der Waals surface area contributed by atoms with Gasteiger partial charge in [-0.2, -0.15) is 4.31 Å². The lowest BCUT2D eigenvalue weighted by Gasteiger charge is -2.30. The average molecular weight is 895 g/mol. The Morgan fingerprint density at radius 3 is 2.66 bits per heavy atom. The number of rotatable bonds is 20. The maximum Gasteiger partial charge on any atom is 0.315 e. The number of carbonyl (C=O) groups excluding carboxylic acids is 3. The summed E-state index contributed by atoms with van der Waals surface area (Å²) in [6.45, 7) is 6.27. The molecule has 2 aliphatic heterocycles. The number of unbranched alkanes of at least 4 members (excludes halogenated alkanes) is 3. The number of ether oxygens (including phenoxy) is 2. The highest BCUT2D eigenvalue weighted by Gasteiger charge is 2.55. The number of sulfonamides is 1. The van der Waals surface area contributed by atoms with Crippen LogP contribution in [0.3, 0.4) is 0 Å². The number of thiazole rings is 1. The Balaban J connectivity index is 1.09. The third-order valence-corrected chi connectivity index (χ3v) is 14.9. The second kappa shape index (κ2) is 19.9. The van der Waals surface area contributed by atoms with Crippen molar-refractivity contribution in [3.05, 3.63) is 41.8 Å². The number of aliphatic hydroxyl groups is 1. The van der Waals surface area contributed by atoms with Crippen LogP contribution < -0.4 is 30.7 Å². The molecular weight excluding hydrogens is 833 g/mol. The fraction of sp³-hybridized carbons (Fsp3) is 0.614. The third kappa shape index (κ3) is 11.2. The molecule has 16 nitrogen and oxygen atoms in total. The number of fused-ring (bicyclic) bond motifs is 1. The van der Waals surface area contributed by atoms with E-state index in [2.05, 4.69) is 40.3 Å². The number of amides is 4. The zero-order valence-corrected chi connectivity index (χ0v) is 37.9. The van der Waals surface area contributed by atoms with Crippen LogP contribution >= 0.6 is 11.3 Å². The molecular formula is C44H62N8O8S2. The minimum atomic E-state index is -3.38. The van der Waals surface area contributed by atoms with Crippen LogP contribution in [0.2, 0.25) is 0 Å². The molecule has 5 N–H and O–H groups in total. The smallest absolute Gasteiger partial charge is 0.315 e. The molecule has 2 aromatic heterocycles. The van der Waals surface area contributed by atoms with Gasteiger partial charge in [-0.1, -0.05) is 31.9 Å². The number of carbonyl (C=O) groups is 3. The van der Waals surface area contributed by atoms with E-state index in [1.807, 2.05) is 43.5 Å². The fourth-order valence-electron chi connectivity index (χ4n) is 8.43. The summed E-state index contributed by atoms with van der Waals surface area (Å²) in [5.74, 6) is 0.471. The van der Waals surface area contributed by atoms with E-state index in [0.29, 0.717) is 53.2 Å². The zero-order valence-electron chi connectivity index (χ0n) is 36.2. The number of nitrogens with zero attached hydrogens (tertiary/aromatic N) is 4. The van der Waals surface area contributed by atoms with Crippen LogP contribution in [0.15, 0.2) is 41.8 Å². The summed E-state index contributed by atoms with van der Waals surface area (Å²) in [6, 6.07) is 5.60. The van der Waals surface area contributed by atoms with Gasteiger partial charge in [-0.05, 0) is 76.8 Å². The van der Waals surface area contributed by atoms with Gasteiger partial charge in [0.05, 0.1) is 49.3 Å². The maximum absolute atomic E-state index is 14.3. The number of likely N-dealkylation sites (tertiary alicyclic amines) is 1. The number of urea groups is 1. The van der Waals surface area contributed by atoms with Gasteiger partial charge in [0, 0.05) is 60.4 Å². The van der Waals surface area contributed by atoms with Gasteiger partial charge in [0.15, 0.2) is 5.13 Å². The van der Waals surface area contributed by atoms with Gasteiger partial charge in [-0.15, -0.1) is 11.3 Å². The molecule has 7 rings (SSSR count). The van der Waals surface area contributed by atoms with Gasteiger partial charge in [-0.25, -0.2) is 23.2 Å². The summed E-state index contributed by atoms with van der Waals surface area (Å²) in [4.78, 5) is 52.8. The van der Waals surface area contributed by atoms with Crippen molar-refractivity contribution in [3.8, 4) is 22.9 Å². The quantitative estimate of drug-likeness (QED) is 0.0751. The van der Waals surface area contributed by atoms with Crippen molar-refractivity contribution >= 4 is 55.2 Å². The van der Waals surface area contributed by atoms with E-state index in [1.54, 1.807) is 7.11 Å². The Bertz CT molecular complexity index is 2210. The molecule has 2 saturated carbocycles. The Hall–Kier alpha value is -4.52. The van der Waals surface area contributed by atoms with E-state index < -0.39 is 52.1 Å². The highest BCUT2D eigenvalue weighted by Crippen LogP contribution is 2.45. The molecule has 4 heterocycles. The van der Waals surface area contributed by atoms with Crippen LogP contribution in [-0.4, -0.2) is 126 Å². The molecule has 338 valence electrons. The molecule has 4 aliphatic rings. The molecule has 0 spiro atoms. The van der Waals surface area contributed by atoms with E-state index in [-0.39, 0.29) is 55.8 Å². The number of pyridine rings is 1. The van der Waals surface area contributed by atoms with Crippen molar-refractivity contribution in [2.45, 2.75) is 115 Å². The Labute approximate surface area is 368 Å². The summed E-state index contributed by atoms with van der Waals surface area (Å²) in [7, 11) is -1.79. The molecule has 4 fully saturated rings. The topological polar surface area (TPSA) is 204 Å². The van der Waals surface area contributed by atoms with Crippen molar-refractivity contribution < 1.29 is 37.4 Å². The van der Waals surface area contributed by atoms with Crippen molar-refractivity contribution in [2.75, 3.05) is 51.0 Å². The highest BCUT2D eigenvalue weighted by molar-refractivity contribution is 7.89. The molecule has 3 unspecified atom stereocenters. The van der Waals surface area contributed by atoms with Crippen molar-refractivity contribution in [1.82, 2.24) is 35.1 Å². The summed E-state index contributed by atoms with van der Waals surface area (Å²) in [5, 5.41) is 25.9. The average Bonchev–Trinajstić information content (AvgIpc) is 4.12. The lowest BCUT2D eigenvalue weighted by Crippen LogP contribution is -2.54. The molecule has 18 heteroatoms. The largest absolute Gasteiger partial charge is 0.497 e. The first kappa shape index (κ1) is 45.5. The zero-order chi connectivity index (χ0) is 44.0. The molecule has 1 aromatic carbocycles. The van der Waals surface area contributed by atoms with E-state index in [0.717, 1.165) is 50.1 Å². The molecule has 0 radical (unpaired) electrons. The lowest BCUT2D eigenvalue weighted by atomic mass is 10.1. The van der Waals surface area contributed by atoms with Gasteiger partial charge in [0.25, 0.3) is 0 Å². The predicted molar refractivity (Wildman–Crippen MR) is 240 cm³/mol. The van der Waals surface area contributed by atoms with E-state index in [9.17, 15) is 27.9 Å². The van der Waals surface area contributed by atoms with Crippen LogP contribution in [0.5, 0.6) is 11.5 Å². The molecule has 0 bridgehead atoms. The molecule has 2 saturated heterocycles. The Morgan fingerprint density at radius 1 is 1.11 bits per heavy atom. The fourth-order valence-corrected chi connectivity index (χ4v) is 10.9. The highest BCUT2D eigenvalue weighted by atomic mass is 32.2. The van der Waals surface area contributed by atoms with Crippen LogP contribution in [0, 0.1) is 11.8 Å². The van der Waals surface area contributed by atoms with Crippen LogP contribution in [0.4, 0.5) is 9.93 Å². The summed E-state index contributed by atoms with van der Waals surface area (Å²) < 4.78 is 39.2. The number of nitrogens with one attached hydrogen (secondary N) is 4. The number of benzene rings is 1. The first-order valence-corrected chi connectivity index (χ1v) is 24.6. The number of aromatic nitrogens is 2. The second-order valence-electron chi connectivity index (χ2n) is 17.5. The van der Waals surface area contributed by atoms with E-state index >= 15 is 0 Å². The normalized spacial score (nSPS) is 24.0. The number of hydrogen-bond acceptors (Lipinski definition) is 12. The van der Waals surface area contributed by atoms with Crippen LogP contribution in [0.25, 0.3) is 22.3 Å². The van der Waals surface area contributed by atoms with Crippen molar-refractivity contribution in [2.24, 2.45) is 11.8 Å². The number of aliphatic hydroxyl groups excluding tert-OH is 1. The van der Waals surface area contributed by atoms with Gasteiger partial charge in [0.2, 0.25) is 21.8 Å². The van der Waals surface area contributed by atoms with E-state index in [1.165, 1.54) is 20.5 Å². The standard InChI is InChI=1S/C44H62N8O8S2/c1-5-6-7-8-9-12-30-22-44(30,27-53)50-41(55)38-20-32(24-52(38)40(54)23-45-42(56)48-36(29-13-14-29)25-51-17-10-11-18-62(51,57)58)60-39-21-35(37-26-61-43(49-37)46-28(2)3)47-34-19-31(59-4)15-16-33(34)39/h9,12,15-16,19,21,26,28-30,32,36,38,53H,5-8,10-11,13-14,17-18,20,22-25,27H2,1-4H3,(H,46,49)(H,50,55)(H2,45,48,56)/b12-9-/t30?,32?,36?,38-,44-/m0/s1. The van der Waals surface area contributed by atoms with Gasteiger partial charge < -0.3 is 40.7 Å². The Kier molecular flexibility index (Phi) is 14.6. The molecule has 62 heavy (non-hydrogen) atoms. The second-order valence-corrected chi connectivity index (χ2v) is 20.4. The summed E-state index contributed by atoms with van der Waals surface area (Å²) in [6.07, 6.45) is 11.7. The van der Waals surface area contributed by atoms with Crippen molar-refractivity contribution in [1.29, 1.82) is 0 Å². The third-order valence-electron chi connectivity index (χ3n) is 12.2. The minimum Gasteiger partial charge on any atom is -0.497 e. The monoisotopic (exact) mass is 894 g/mol. The molecule has 5 atom stereocenters.